The van der Waals surface area contributed by atoms with Gasteiger partial charge in [-0.15, -0.1) is 0 Å². The molecule has 0 aliphatic heterocycles. The van der Waals surface area contributed by atoms with Crippen molar-refractivity contribution in [2.24, 2.45) is 0 Å². The van der Waals surface area contributed by atoms with Crippen LogP contribution in [0.1, 0.15) is 20.8 Å². The molecule has 0 aromatic heterocycles. The van der Waals surface area contributed by atoms with Crippen LogP contribution in [0.15, 0.2) is 24.5 Å². The van der Waals surface area contributed by atoms with E-state index < -0.39 is 23.3 Å². The molecule has 0 heterocycles. The second-order valence-corrected chi connectivity index (χ2v) is 4.14. The Labute approximate surface area is 105 Å². The summed E-state index contributed by atoms with van der Waals surface area (Å²) in [5.41, 5.74) is -0.717. The van der Waals surface area contributed by atoms with E-state index in [0.29, 0.717) is 0 Å². The van der Waals surface area contributed by atoms with Gasteiger partial charge in [0.15, 0.2) is 0 Å². The quantitative estimate of drug-likeness (QED) is 0.177. The van der Waals surface area contributed by atoms with E-state index in [1.807, 2.05) is 0 Å². The van der Waals surface area contributed by atoms with E-state index in [9.17, 15) is 14.4 Å². The van der Waals surface area contributed by atoms with E-state index in [1.165, 1.54) is 6.08 Å². The molecule has 0 aliphatic rings. The zero-order chi connectivity index (χ0) is 14.2. The lowest BCUT2D eigenvalue weighted by Crippen LogP contribution is -2.23. The molecule has 0 aromatic rings. The molecule has 0 bridgehead atoms. The van der Waals surface area contributed by atoms with Crippen molar-refractivity contribution < 1.29 is 28.6 Å². The summed E-state index contributed by atoms with van der Waals surface area (Å²) in [5, 5.41) is 0. The maximum absolute atomic E-state index is 11.4. The fourth-order valence-electron chi connectivity index (χ4n) is 0.837. The summed E-state index contributed by atoms with van der Waals surface area (Å²) in [6.07, 6.45) is 2.09. The van der Waals surface area contributed by atoms with E-state index in [-0.39, 0.29) is 13.1 Å². The second kappa shape index (κ2) is 7.26. The van der Waals surface area contributed by atoms with Gasteiger partial charge in [-0.05, 0) is 20.8 Å². The van der Waals surface area contributed by atoms with Gasteiger partial charge in [-0.2, -0.15) is 0 Å². The Morgan fingerprint density at radius 3 is 2.33 bits per heavy atom. The molecule has 0 aliphatic carbocycles. The van der Waals surface area contributed by atoms with Gasteiger partial charge in [0.1, 0.15) is 12.2 Å². The molecular formula is C12H16O6. The number of rotatable bonds is 6. The van der Waals surface area contributed by atoms with Crippen molar-refractivity contribution in [1.29, 1.82) is 0 Å². The van der Waals surface area contributed by atoms with Gasteiger partial charge in [0.2, 0.25) is 5.76 Å². The van der Waals surface area contributed by atoms with Crippen LogP contribution < -0.4 is 0 Å². The Balaban J connectivity index is 4.76. The molecule has 0 amide bonds. The Bertz CT molecular complexity index is 361. The van der Waals surface area contributed by atoms with Crippen LogP contribution in [0.3, 0.4) is 0 Å². The number of hydrogen-bond acceptors (Lipinski definition) is 6. The minimum Gasteiger partial charge on any atom is -0.457 e. The molecule has 0 fully saturated rings. The predicted octanol–water partition coefficient (Wildman–Crippen LogP) is 1.11. The van der Waals surface area contributed by atoms with Gasteiger partial charge in [0.25, 0.3) is 6.47 Å². The molecule has 0 radical (unpaired) electrons. The highest BCUT2D eigenvalue weighted by molar-refractivity contribution is 5.95. The third kappa shape index (κ3) is 7.21. The number of esters is 2. The fourth-order valence-corrected chi connectivity index (χ4v) is 0.837. The van der Waals surface area contributed by atoms with Gasteiger partial charge < -0.3 is 14.2 Å². The molecular weight excluding hydrogens is 240 g/mol. The van der Waals surface area contributed by atoms with Crippen molar-refractivity contribution in [3.63, 3.8) is 0 Å². The molecule has 0 aromatic carbocycles. The van der Waals surface area contributed by atoms with Crippen LogP contribution in [-0.4, -0.2) is 30.6 Å². The van der Waals surface area contributed by atoms with Crippen LogP contribution in [0.5, 0.6) is 0 Å². The highest BCUT2D eigenvalue weighted by Gasteiger charge is 2.19. The highest BCUT2D eigenvalue weighted by Crippen LogP contribution is 2.09. The molecule has 6 heteroatoms. The normalized spacial score (nSPS) is 11.4. The number of hydrogen-bond donors (Lipinski definition) is 0. The zero-order valence-electron chi connectivity index (χ0n) is 10.6. The second-order valence-electron chi connectivity index (χ2n) is 4.14. The first-order valence-electron chi connectivity index (χ1n) is 5.13. The zero-order valence-corrected chi connectivity index (χ0v) is 10.6. The lowest BCUT2D eigenvalue weighted by molar-refractivity contribution is -0.151. The molecule has 0 spiro atoms. The molecule has 0 atom stereocenters. The van der Waals surface area contributed by atoms with Crippen LogP contribution in [0.25, 0.3) is 0 Å². The number of carbonyl (C=O) groups excluding carboxylic acids is 3. The van der Waals surface area contributed by atoms with E-state index in [2.05, 4.69) is 16.1 Å². The maximum atomic E-state index is 11.4. The molecule has 0 saturated heterocycles. The van der Waals surface area contributed by atoms with Crippen molar-refractivity contribution >= 4 is 18.4 Å². The van der Waals surface area contributed by atoms with Crippen molar-refractivity contribution in [2.45, 2.75) is 26.4 Å². The molecule has 0 unspecified atom stereocenters. The molecule has 0 saturated carbocycles. The van der Waals surface area contributed by atoms with Gasteiger partial charge in [0, 0.05) is 0 Å². The number of carbonyl (C=O) groups is 3. The lowest BCUT2D eigenvalue weighted by Gasteiger charge is -2.18. The smallest absolute Gasteiger partial charge is 0.374 e. The van der Waals surface area contributed by atoms with Crippen LogP contribution in [-0.2, 0) is 28.6 Å². The van der Waals surface area contributed by atoms with Crippen LogP contribution in [0.4, 0.5) is 0 Å². The maximum Gasteiger partial charge on any atom is 0.374 e. The Kier molecular flexibility index (Phi) is 6.41. The van der Waals surface area contributed by atoms with Gasteiger partial charge in [0.05, 0.1) is 6.08 Å². The number of ether oxygens (including phenoxy) is 3. The van der Waals surface area contributed by atoms with E-state index in [1.54, 1.807) is 20.8 Å². The summed E-state index contributed by atoms with van der Waals surface area (Å²) >= 11 is 0. The summed E-state index contributed by atoms with van der Waals surface area (Å²) in [6, 6.07) is 0. The SMILES string of the molecule is C=CCOC(=O)C(=CC(=O)OC(C)(C)C)OC=O. The van der Waals surface area contributed by atoms with E-state index in [4.69, 9.17) is 4.74 Å². The summed E-state index contributed by atoms with van der Waals surface area (Å²) in [5.74, 6) is -2.30. The lowest BCUT2D eigenvalue weighted by atomic mass is 10.2. The first-order valence-corrected chi connectivity index (χ1v) is 5.13. The Morgan fingerprint density at radius 2 is 1.89 bits per heavy atom. The van der Waals surface area contributed by atoms with Gasteiger partial charge >= 0.3 is 11.9 Å². The molecule has 100 valence electrons. The monoisotopic (exact) mass is 256 g/mol. The first-order chi connectivity index (χ1) is 8.30. The average molecular weight is 256 g/mol. The average Bonchev–Trinajstić information content (AvgIpc) is 2.22. The molecule has 0 N–H and O–H groups in total. The summed E-state index contributed by atoms with van der Waals surface area (Å²) in [7, 11) is 0. The van der Waals surface area contributed by atoms with E-state index in [0.717, 1.165) is 6.08 Å². The molecule has 18 heavy (non-hydrogen) atoms. The third-order valence-electron chi connectivity index (χ3n) is 1.36. The highest BCUT2D eigenvalue weighted by atomic mass is 16.6. The topological polar surface area (TPSA) is 78.9 Å². The van der Waals surface area contributed by atoms with Gasteiger partial charge in [-0.3, -0.25) is 4.79 Å². The Hall–Kier alpha value is -2.11. The van der Waals surface area contributed by atoms with Crippen molar-refractivity contribution in [3.05, 3.63) is 24.5 Å². The summed E-state index contributed by atoms with van der Waals surface area (Å²) < 4.78 is 13.9. The predicted molar refractivity (Wildman–Crippen MR) is 62.2 cm³/mol. The van der Waals surface area contributed by atoms with Crippen LogP contribution in [0.2, 0.25) is 0 Å². The largest absolute Gasteiger partial charge is 0.457 e. The third-order valence-corrected chi connectivity index (χ3v) is 1.36. The first kappa shape index (κ1) is 15.9. The molecule has 0 rings (SSSR count). The van der Waals surface area contributed by atoms with Crippen LogP contribution in [0, 0.1) is 0 Å². The fraction of sp³-hybridized carbons (Fsp3) is 0.417. The van der Waals surface area contributed by atoms with Crippen molar-refractivity contribution in [3.8, 4) is 0 Å². The van der Waals surface area contributed by atoms with Crippen LogP contribution >= 0.6 is 0 Å². The van der Waals surface area contributed by atoms with E-state index >= 15 is 0 Å². The van der Waals surface area contributed by atoms with Crippen molar-refractivity contribution in [1.82, 2.24) is 0 Å². The summed E-state index contributed by atoms with van der Waals surface area (Å²) in [4.78, 5) is 33.0. The molecule has 6 nitrogen and oxygen atoms in total. The van der Waals surface area contributed by atoms with Gasteiger partial charge in [-0.25, -0.2) is 9.59 Å². The Morgan fingerprint density at radius 1 is 1.28 bits per heavy atom. The standard InChI is InChI=1S/C12H16O6/c1-5-6-16-11(15)9(17-8-13)7-10(14)18-12(2,3)4/h5,7-8H,1,6H2,2-4H3. The minimum absolute atomic E-state index is 0.0192. The summed E-state index contributed by atoms with van der Waals surface area (Å²) in [6.45, 7) is 8.29. The minimum atomic E-state index is -0.951. The van der Waals surface area contributed by atoms with Gasteiger partial charge in [-0.1, -0.05) is 12.7 Å². The van der Waals surface area contributed by atoms with Crippen molar-refractivity contribution in [2.75, 3.05) is 6.61 Å².